The molecule has 5 nitrogen and oxygen atoms in total. The summed E-state index contributed by atoms with van der Waals surface area (Å²) in [5, 5.41) is 6.66. The van der Waals surface area contributed by atoms with Gasteiger partial charge in [-0.15, -0.1) is 0 Å². The van der Waals surface area contributed by atoms with Crippen LogP contribution in [0.2, 0.25) is 0 Å². The molecule has 0 spiro atoms. The molecule has 27 heavy (non-hydrogen) atoms. The monoisotopic (exact) mass is 361 g/mol. The van der Waals surface area contributed by atoms with Crippen molar-refractivity contribution in [3.8, 4) is 0 Å². The second-order valence-corrected chi connectivity index (χ2v) is 6.99. The molecule has 2 aromatic carbocycles. The quantitative estimate of drug-likeness (QED) is 0.708. The number of amides is 2. The third-order valence-electron chi connectivity index (χ3n) is 4.34. The number of aryl methyl sites for hydroxylation is 2. The number of hydrogen-bond acceptors (Lipinski definition) is 3. The summed E-state index contributed by atoms with van der Waals surface area (Å²) in [4.78, 5) is 29.0. The first kappa shape index (κ1) is 18.6. The fourth-order valence-corrected chi connectivity index (χ4v) is 2.74. The lowest BCUT2D eigenvalue weighted by Crippen LogP contribution is -2.18. The van der Waals surface area contributed by atoms with E-state index >= 15 is 0 Å². The minimum atomic E-state index is -0.206. The second-order valence-electron chi connectivity index (χ2n) is 6.99. The van der Waals surface area contributed by atoms with Gasteiger partial charge in [0.1, 0.15) is 0 Å². The lowest BCUT2D eigenvalue weighted by atomic mass is 10.1. The fourth-order valence-electron chi connectivity index (χ4n) is 2.74. The molecular formula is C22H23N3O2. The Hall–Kier alpha value is -3.21. The van der Waals surface area contributed by atoms with Crippen LogP contribution in [0.4, 0.5) is 11.4 Å². The first-order chi connectivity index (χ1) is 12.8. The number of fused-ring (bicyclic) bond motifs is 1. The molecule has 0 aliphatic heterocycles. The van der Waals surface area contributed by atoms with Crippen LogP contribution in [0.5, 0.6) is 0 Å². The van der Waals surface area contributed by atoms with Crippen LogP contribution in [0, 0.1) is 19.8 Å². The third kappa shape index (κ3) is 4.31. The summed E-state index contributed by atoms with van der Waals surface area (Å²) in [7, 11) is 0. The smallest absolute Gasteiger partial charge is 0.257 e. The van der Waals surface area contributed by atoms with E-state index in [9.17, 15) is 9.59 Å². The number of carbonyl (C=O) groups is 2. The number of hydrogen-bond donors (Lipinski definition) is 2. The van der Waals surface area contributed by atoms with Gasteiger partial charge >= 0.3 is 0 Å². The maximum Gasteiger partial charge on any atom is 0.257 e. The average Bonchev–Trinajstić information content (AvgIpc) is 2.63. The van der Waals surface area contributed by atoms with Crippen molar-refractivity contribution in [1.82, 2.24) is 4.98 Å². The van der Waals surface area contributed by atoms with Gasteiger partial charge in [-0.05, 0) is 56.3 Å². The number of benzene rings is 2. The Bertz CT molecular complexity index is 1010. The van der Waals surface area contributed by atoms with Gasteiger partial charge in [0.25, 0.3) is 5.91 Å². The number of pyridine rings is 1. The number of aromatic nitrogens is 1. The minimum Gasteiger partial charge on any atom is -0.326 e. The highest BCUT2D eigenvalue weighted by atomic mass is 16.2. The summed E-state index contributed by atoms with van der Waals surface area (Å²) in [5.41, 5.74) is 4.59. The van der Waals surface area contributed by atoms with Crippen LogP contribution in [-0.4, -0.2) is 16.8 Å². The molecule has 0 unspecified atom stereocenters. The van der Waals surface area contributed by atoms with Crippen molar-refractivity contribution in [3.05, 3.63) is 65.4 Å². The number of nitrogens with one attached hydrogen (secondary N) is 2. The standard InChI is InChI=1S/C22H23N3O2/c1-13(2)21(26)24-17-6-8-18(9-7-17)25-22(27)19-12-16-11-14(3)5-10-20(16)23-15(19)4/h5-13H,1-4H3,(H,24,26)(H,25,27). The van der Waals surface area contributed by atoms with Gasteiger partial charge in [-0.2, -0.15) is 0 Å². The molecular weight excluding hydrogens is 338 g/mol. The highest BCUT2D eigenvalue weighted by Crippen LogP contribution is 2.20. The van der Waals surface area contributed by atoms with E-state index in [4.69, 9.17) is 0 Å². The van der Waals surface area contributed by atoms with E-state index < -0.39 is 0 Å². The summed E-state index contributed by atoms with van der Waals surface area (Å²) in [6, 6.07) is 14.9. The second kappa shape index (κ2) is 7.58. The number of rotatable bonds is 4. The molecule has 2 amide bonds. The molecule has 1 aromatic heterocycles. The molecule has 0 saturated carbocycles. The van der Waals surface area contributed by atoms with Gasteiger partial charge in [0, 0.05) is 22.7 Å². The molecule has 0 aliphatic rings. The van der Waals surface area contributed by atoms with E-state index in [1.54, 1.807) is 24.3 Å². The molecule has 3 rings (SSSR count). The van der Waals surface area contributed by atoms with Crippen LogP contribution < -0.4 is 10.6 Å². The zero-order valence-electron chi connectivity index (χ0n) is 16.0. The Balaban J connectivity index is 1.78. The van der Waals surface area contributed by atoms with Crippen molar-refractivity contribution in [1.29, 1.82) is 0 Å². The number of carbonyl (C=O) groups excluding carboxylic acids is 2. The summed E-state index contributed by atoms with van der Waals surface area (Å²) >= 11 is 0. The molecule has 3 aromatic rings. The first-order valence-corrected chi connectivity index (χ1v) is 8.94. The van der Waals surface area contributed by atoms with Crippen molar-refractivity contribution < 1.29 is 9.59 Å². The fraction of sp³-hybridized carbons (Fsp3) is 0.227. The third-order valence-corrected chi connectivity index (χ3v) is 4.34. The van der Waals surface area contributed by atoms with Crippen molar-refractivity contribution in [3.63, 3.8) is 0 Å². The predicted molar refractivity (Wildman–Crippen MR) is 109 cm³/mol. The Morgan fingerprint density at radius 1 is 0.889 bits per heavy atom. The molecule has 0 atom stereocenters. The van der Waals surface area contributed by atoms with Crippen LogP contribution in [0.25, 0.3) is 10.9 Å². The molecule has 0 bridgehead atoms. The SMILES string of the molecule is Cc1ccc2nc(C)c(C(=O)Nc3ccc(NC(=O)C(C)C)cc3)cc2c1. The van der Waals surface area contributed by atoms with E-state index in [2.05, 4.69) is 15.6 Å². The van der Waals surface area contributed by atoms with Gasteiger partial charge in [-0.3, -0.25) is 14.6 Å². The summed E-state index contributed by atoms with van der Waals surface area (Å²) in [6.45, 7) is 7.52. The maximum absolute atomic E-state index is 12.7. The van der Waals surface area contributed by atoms with Crippen LogP contribution in [0.1, 0.15) is 35.5 Å². The Labute approximate surface area is 158 Å². The van der Waals surface area contributed by atoms with Gasteiger partial charge in [0.15, 0.2) is 0 Å². The summed E-state index contributed by atoms with van der Waals surface area (Å²) in [5.74, 6) is -0.335. The van der Waals surface area contributed by atoms with Crippen LogP contribution in [0.15, 0.2) is 48.5 Å². The normalized spacial score (nSPS) is 10.9. The Kier molecular flexibility index (Phi) is 5.21. The van der Waals surface area contributed by atoms with Crippen molar-refractivity contribution >= 4 is 34.1 Å². The number of anilines is 2. The number of nitrogens with zero attached hydrogens (tertiary/aromatic N) is 1. The average molecular weight is 361 g/mol. The molecule has 0 fully saturated rings. The van der Waals surface area contributed by atoms with Crippen molar-refractivity contribution in [2.24, 2.45) is 5.92 Å². The maximum atomic E-state index is 12.7. The summed E-state index contributed by atoms with van der Waals surface area (Å²) < 4.78 is 0. The van der Waals surface area contributed by atoms with Crippen LogP contribution in [0.3, 0.4) is 0 Å². The van der Waals surface area contributed by atoms with Gasteiger partial charge < -0.3 is 10.6 Å². The van der Waals surface area contributed by atoms with E-state index in [-0.39, 0.29) is 17.7 Å². The van der Waals surface area contributed by atoms with Crippen LogP contribution >= 0.6 is 0 Å². The lowest BCUT2D eigenvalue weighted by molar-refractivity contribution is -0.118. The molecule has 2 N–H and O–H groups in total. The molecule has 0 radical (unpaired) electrons. The minimum absolute atomic E-state index is 0.0417. The highest BCUT2D eigenvalue weighted by Gasteiger charge is 2.13. The van der Waals surface area contributed by atoms with Crippen LogP contribution in [-0.2, 0) is 4.79 Å². The zero-order valence-corrected chi connectivity index (χ0v) is 16.0. The topological polar surface area (TPSA) is 71.1 Å². The van der Waals surface area contributed by atoms with E-state index in [0.29, 0.717) is 22.6 Å². The van der Waals surface area contributed by atoms with Gasteiger partial charge in [0.05, 0.1) is 16.8 Å². The van der Waals surface area contributed by atoms with E-state index in [1.807, 2.05) is 52.0 Å². The molecule has 0 aliphatic carbocycles. The lowest BCUT2D eigenvalue weighted by Gasteiger charge is -2.11. The Morgan fingerprint density at radius 2 is 1.52 bits per heavy atom. The van der Waals surface area contributed by atoms with Crippen molar-refractivity contribution in [2.75, 3.05) is 10.6 Å². The molecule has 0 saturated heterocycles. The molecule has 138 valence electrons. The molecule has 1 heterocycles. The first-order valence-electron chi connectivity index (χ1n) is 8.94. The zero-order chi connectivity index (χ0) is 19.6. The van der Waals surface area contributed by atoms with Gasteiger partial charge in [-0.1, -0.05) is 25.5 Å². The van der Waals surface area contributed by atoms with Gasteiger partial charge in [0.2, 0.25) is 5.91 Å². The van der Waals surface area contributed by atoms with Gasteiger partial charge in [-0.25, -0.2) is 0 Å². The predicted octanol–water partition coefficient (Wildman–Crippen LogP) is 4.70. The van der Waals surface area contributed by atoms with Crippen molar-refractivity contribution in [2.45, 2.75) is 27.7 Å². The highest BCUT2D eigenvalue weighted by molar-refractivity contribution is 6.07. The summed E-state index contributed by atoms with van der Waals surface area (Å²) in [6.07, 6.45) is 0. The molecule has 5 heteroatoms. The Morgan fingerprint density at radius 3 is 2.15 bits per heavy atom. The van der Waals surface area contributed by atoms with E-state index in [0.717, 1.165) is 16.5 Å². The largest absolute Gasteiger partial charge is 0.326 e. The van der Waals surface area contributed by atoms with E-state index in [1.165, 1.54) is 0 Å².